The van der Waals surface area contributed by atoms with Crippen molar-refractivity contribution in [3.05, 3.63) is 24.0 Å². The first-order chi connectivity index (χ1) is 7.70. The zero-order valence-electron chi connectivity index (χ0n) is 10.2. The predicted octanol–water partition coefficient (Wildman–Crippen LogP) is 2.10. The summed E-state index contributed by atoms with van der Waals surface area (Å²) in [4.78, 5) is 6.62. The van der Waals surface area contributed by atoms with E-state index in [0.29, 0.717) is 6.04 Å². The largest absolute Gasteiger partial charge is 0.367 e. The van der Waals surface area contributed by atoms with Crippen LogP contribution in [-0.4, -0.2) is 23.6 Å². The van der Waals surface area contributed by atoms with E-state index in [1.165, 1.54) is 30.5 Å². The predicted molar refractivity (Wildman–Crippen MR) is 67.6 cm³/mol. The van der Waals surface area contributed by atoms with Crippen LogP contribution in [0.4, 0.5) is 5.69 Å². The number of aryl methyl sites for hydroxylation is 1. The second kappa shape index (κ2) is 4.83. The van der Waals surface area contributed by atoms with Crippen molar-refractivity contribution >= 4 is 5.69 Å². The van der Waals surface area contributed by atoms with E-state index < -0.39 is 0 Å². The van der Waals surface area contributed by atoms with Crippen LogP contribution in [0, 0.1) is 6.92 Å². The van der Waals surface area contributed by atoms with Crippen molar-refractivity contribution in [1.82, 2.24) is 4.98 Å². The lowest BCUT2D eigenvalue weighted by Gasteiger charge is -2.40. The number of hydrogen-bond acceptors (Lipinski definition) is 3. The Balaban J connectivity index is 2.27. The van der Waals surface area contributed by atoms with Gasteiger partial charge < -0.3 is 10.6 Å². The normalized spacial score (nSPS) is 23.2. The van der Waals surface area contributed by atoms with E-state index in [1.54, 1.807) is 0 Å². The van der Waals surface area contributed by atoms with Gasteiger partial charge in [0.25, 0.3) is 0 Å². The molecule has 1 aromatic rings. The number of pyridine rings is 1. The molecule has 0 aromatic carbocycles. The molecule has 1 fully saturated rings. The summed E-state index contributed by atoms with van der Waals surface area (Å²) < 4.78 is 0. The molecule has 0 bridgehead atoms. The van der Waals surface area contributed by atoms with Gasteiger partial charge in [0.15, 0.2) is 0 Å². The van der Waals surface area contributed by atoms with E-state index in [-0.39, 0.29) is 6.04 Å². The number of aromatic nitrogens is 1. The summed E-state index contributed by atoms with van der Waals surface area (Å²) in [5.41, 5.74) is 8.64. The fourth-order valence-electron chi connectivity index (χ4n) is 2.59. The molecule has 1 aliphatic heterocycles. The molecule has 1 saturated heterocycles. The van der Waals surface area contributed by atoms with Crippen molar-refractivity contribution in [3.8, 4) is 0 Å². The van der Waals surface area contributed by atoms with Gasteiger partial charge in [0.2, 0.25) is 0 Å². The third-order valence-corrected chi connectivity index (χ3v) is 3.46. The molecule has 3 heteroatoms. The van der Waals surface area contributed by atoms with Crippen LogP contribution in [0.15, 0.2) is 18.5 Å². The Morgan fingerprint density at radius 3 is 3.00 bits per heavy atom. The number of anilines is 1. The van der Waals surface area contributed by atoms with Crippen LogP contribution >= 0.6 is 0 Å². The Labute approximate surface area is 97.7 Å². The highest BCUT2D eigenvalue weighted by atomic mass is 15.2. The summed E-state index contributed by atoms with van der Waals surface area (Å²) >= 11 is 0. The summed E-state index contributed by atoms with van der Waals surface area (Å²) in [6, 6.07) is 2.82. The second-order valence-corrected chi connectivity index (χ2v) is 4.78. The standard InChI is InChI=1S/C13H21N3/c1-10-9-15-7-6-12(10)16-8-4-3-5-13(16)11(2)14/h6-7,9,11,13H,3-5,8,14H2,1-2H3. The molecule has 0 radical (unpaired) electrons. The molecule has 16 heavy (non-hydrogen) atoms. The first kappa shape index (κ1) is 11.4. The topological polar surface area (TPSA) is 42.2 Å². The van der Waals surface area contributed by atoms with E-state index in [0.717, 1.165) is 6.54 Å². The van der Waals surface area contributed by atoms with Crippen LogP contribution in [0.5, 0.6) is 0 Å². The fraction of sp³-hybridized carbons (Fsp3) is 0.615. The maximum Gasteiger partial charge on any atom is 0.0438 e. The number of nitrogens with two attached hydrogens (primary N) is 1. The summed E-state index contributed by atoms with van der Waals surface area (Å²) in [5.74, 6) is 0. The third kappa shape index (κ3) is 2.19. The summed E-state index contributed by atoms with van der Waals surface area (Å²) in [7, 11) is 0. The van der Waals surface area contributed by atoms with Gasteiger partial charge in [-0.15, -0.1) is 0 Å². The van der Waals surface area contributed by atoms with E-state index in [2.05, 4.69) is 29.8 Å². The molecule has 2 unspecified atom stereocenters. The highest BCUT2D eigenvalue weighted by molar-refractivity contribution is 5.53. The van der Waals surface area contributed by atoms with Gasteiger partial charge in [-0.05, 0) is 44.7 Å². The second-order valence-electron chi connectivity index (χ2n) is 4.78. The SMILES string of the molecule is Cc1cnccc1N1CCCCC1C(C)N. The van der Waals surface area contributed by atoms with Crippen molar-refractivity contribution in [2.75, 3.05) is 11.4 Å². The quantitative estimate of drug-likeness (QED) is 0.828. The van der Waals surface area contributed by atoms with Gasteiger partial charge in [-0.1, -0.05) is 0 Å². The molecule has 3 nitrogen and oxygen atoms in total. The molecular weight excluding hydrogens is 198 g/mol. The molecule has 0 amide bonds. The van der Waals surface area contributed by atoms with Crippen LogP contribution in [-0.2, 0) is 0 Å². The zero-order valence-corrected chi connectivity index (χ0v) is 10.2. The Morgan fingerprint density at radius 2 is 2.31 bits per heavy atom. The highest BCUT2D eigenvalue weighted by Gasteiger charge is 2.26. The molecule has 1 aliphatic rings. The molecule has 2 heterocycles. The maximum absolute atomic E-state index is 6.09. The van der Waals surface area contributed by atoms with Crippen molar-refractivity contribution in [3.63, 3.8) is 0 Å². The minimum Gasteiger partial charge on any atom is -0.367 e. The molecular formula is C13H21N3. The Morgan fingerprint density at radius 1 is 1.50 bits per heavy atom. The first-order valence-electron chi connectivity index (χ1n) is 6.13. The zero-order chi connectivity index (χ0) is 11.5. The number of nitrogens with zero attached hydrogens (tertiary/aromatic N) is 2. The van der Waals surface area contributed by atoms with E-state index in [4.69, 9.17) is 5.73 Å². The molecule has 0 saturated carbocycles. The molecule has 1 aromatic heterocycles. The monoisotopic (exact) mass is 219 g/mol. The first-order valence-corrected chi connectivity index (χ1v) is 6.13. The van der Waals surface area contributed by atoms with Gasteiger partial charge in [-0.2, -0.15) is 0 Å². The Kier molecular flexibility index (Phi) is 3.44. The lowest BCUT2D eigenvalue weighted by molar-refractivity contribution is 0.413. The molecule has 2 rings (SSSR count). The van der Waals surface area contributed by atoms with Crippen molar-refractivity contribution < 1.29 is 0 Å². The van der Waals surface area contributed by atoms with Gasteiger partial charge in [0, 0.05) is 36.7 Å². The fourth-order valence-corrected chi connectivity index (χ4v) is 2.59. The van der Waals surface area contributed by atoms with Crippen molar-refractivity contribution in [2.45, 2.75) is 45.2 Å². The minimum absolute atomic E-state index is 0.230. The van der Waals surface area contributed by atoms with Gasteiger partial charge in [-0.25, -0.2) is 0 Å². The molecule has 2 N–H and O–H groups in total. The van der Waals surface area contributed by atoms with Gasteiger partial charge in [0.05, 0.1) is 0 Å². The van der Waals surface area contributed by atoms with Crippen LogP contribution < -0.4 is 10.6 Å². The van der Waals surface area contributed by atoms with E-state index in [1.807, 2.05) is 12.4 Å². The Hall–Kier alpha value is -1.09. The molecule has 2 atom stereocenters. The van der Waals surface area contributed by atoms with Gasteiger partial charge >= 0.3 is 0 Å². The minimum atomic E-state index is 0.230. The summed E-state index contributed by atoms with van der Waals surface area (Å²) in [6.45, 7) is 5.35. The van der Waals surface area contributed by atoms with Crippen molar-refractivity contribution in [2.24, 2.45) is 5.73 Å². The molecule has 0 aliphatic carbocycles. The van der Waals surface area contributed by atoms with Crippen LogP contribution in [0.25, 0.3) is 0 Å². The highest BCUT2D eigenvalue weighted by Crippen LogP contribution is 2.27. The lowest BCUT2D eigenvalue weighted by Crippen LogP contribution is -2.49. The maximum atomic E-state index is 6.09. The van der Waals surface area contributed by atoms with Crippen molar-refractivity contribution in [1.29, 1.82) is 0 Å². The Bertz CT molecular complexity index is 349. The summed E-state index contributed by atoms with van der Waals surface area (Å²) in [6.07, 6.45) is 7.58. The van der Waals surface area contributed by atoms with Crippen LogP contribution in [0.1, 0.15) is 31.7 Å². The number of rotatable bonds is 2. The number of hydrogen-bond donors (Lipinski definition) is 1. The average Bonchev–Trinajstić information content (AvgIpc) is 2.29. The smallest absolute Gasteiger partial charge is 0.0438 e. The average molecular weight is 219 g/mol. The van der Waals surface area contributed by atoms with E-state index >= 15 is 0 Å². The van der Waals surface area contributed by atoms with Gasteiger partial charge in [-0.3, -0.25) is 4.98 Å². The van der Waals surface area contributed by atoms with Crippen LogP contribution in [0.3, 0.4) is 0 Å². The third-order valence-electron chi connectivity index (χ3n) is 3.46. The summed E-state index contributed by atoms with van der Waals surface area (Å²) in [5, 5.41) is 0. The molecule has 0 spiro atoms. The van der Waals surface area contributed by atoms with E-state index in [9.17, 15) is 0 Å². The number of piperidine rings is 1. The van der Waals surface area contributed by atoms with Gasteiger partial charge in [0.1, 0.15) is 0 Å². The lowest BCUT2D eigenvalue weighted by atomic mass is 9.96. The van der Waals surface area contributed by atoms with Crippen LogP contribution in [0.2, 0.25) is 0 Å². The molecule has 88 valence electrons.